The molecular weight excluding hydrogens is 210 g/mol. The summed E-state index contributed by atoms with van der Waals surface area (Å²) in [4.78, 5) is 0. The number of hydrogen-bond acceptors (Lipinski definition) is 2. The van der Waals surface area contributed by atoms with Crippen LogP contribution in [0.3, 0.4) is 0 Å². The molecule has 17 heavy (non-hydrogen) atoms. The van der Waals surface area contributed by atoms with Crippen molar-refractivity contribution >= 4 is 0 Å². The van der Waals surface area contributed by atoms with E-state index in [2.05, 4.69) is 13.8 Å². The average molecular weight is 239 g/mol. The summed E-state index contributed by atoms with van der Waals surface area (Å²) in [5, 5.41) is 11.0. The fraction of sp³-hybridized carbons (Fsp3) is 1.00. The van der Waals surface area contributed by atoms with E-state index < -0.39 is 5.60 Å². The van der Waals surface area contributed by atoms with E-state index in [4.69, 9.17) is 5.73 Å². The molecule has 0 bridgehead atoms. The Morgan fingerprint density at radius 2 is 1.35 bits per heavy atom. The van der Waals surface area contributed by atoms with E-state index >= 15 is 0 Å². The Kier molecular flexibility index (Phi) is 3.57. The van der Waals surface area contributed by atoms with E-state index in [0.29, 0.717) is 0 Å². The maximum absolute atomic E-state index is 11.0. The lowest BCUT2D eigenvalue weighted by Gasteiger charge is -2.44. The maximum atomic E-state index is 11.0. The molecule has 0 radical (unpaired) electrons. The van der Waals surface area contributed by atoms with Gasteiger partial charge in [0, 0.05) is 5.54 Å². The van der Waals surface area contributed by atoms with Gasteiger partial charge in [0.15, 0.2) is 0 Å². The van der Waals surface area contributed by atoms with Gasteiger partial charge in [-0.25, -0.2) is 0 Å². The van der Waals surface area contributed by atoms with E-state index in [1.807, 2.05) is 0 Å². The van der Waals surface area contributed by atoms with Crippen LogP contribution in [0.2, 0.25) is 0 Å². The van der Waals surface area contributed by atoms with Crippen molar-refractivity contribution in [1.82, 2.24) is 0 Å². The molecule has 1 atom stereocenters. The molecule has 0 aromatic heterocycles. The minimum atomic E-state index is -0.603. The van der Waals surface area contributed by atoms with Crippen molar-refractivity contribution in [3.8, 4) is 0 Å². The molecule has 2 rings (SSSR count). The van der Waals surface area contributed by atoms with Crippen LogP contribution in [0.1, 0.15) is 78.1 Å². The van der Waals surface area contributed by atoms with Crippen molar-refractivity contribution in [2.24, 2.45) is 11.1 Å². The second-order valence-corrected chi connectivity index (χ2v) is 7.30. The molecule has 1 unspecified atom stereocenters. The second kappa shape index (κ2) is 4.55. The van der Waals surface area contributed by atoms with Gasteiger partial charge in [-0.3, -0.25) is 0 Å². The molecule has 0 heterocycles. The van der Waals surface area contributed by atoms with Crippen molar-refractivity contribution in [3.63, 3.8) is 0 Å². The maximum Gasteiger partial charge on any atom is 0.0831 e. The van der Waals surface area contributed by atoms with Crippen LogP contribution in [0.5, 0.6) is 0 Å². The monoisotopic (exact) mass is 239 g/mol. The summed E-state index contributed by atoms with van der Waals surface area (Å²) in [6.07, 6.45) is 11.2. The molecule has 0 aliphatic heterocycles. The Morgan fingerprint density at radius 3 is 1.82 bits per heavy atom. The van der Waals surface area contributed by atoms with Crippen LogP contribution in [0.15, 0.2) is 0 Å². The molecule has 100 valence electrons. The molecule has 2 heteroatoms. The lowest BCUT2D eigenvalue weighted by atomic mass is 9.70. The van der Waals surface area contributed by atoms with Crippen LogP contribution in [0, 0.1) is 5.41 Å². The first-order valence-corrected chi connectivity index (χ1v) is 7.38. The summed E-state index contributed by atoms with van der Waals surface area (Å²) < 4.78 is 0. The zero-order valence-corrected chi connectivity index (χ0v) is 11.6. The number of rotatable bonds is 1. The van der Waals surface area contributed by atoms with Crippen LogP contribution in [-0.2, 0) is 0 Å². The topological polar surface area (TPSA) is 46.2 Å². The summed E-state index contributed by atoms with van der Waals surface area (Å²) in [5.74, 6) is 0. The molecule has 2 fully saturated rings. The summed E-state index contributed by atoms with van der Waals surface area (Å²) >= 11 is 0. The zero-order valence-electron chi connectivity index (χ0n) is 11.6. The van der Waals surface area contributed by atoms with Crippen molar-refractivity contribution in [2.75, 3.05) is 0 Å². The molecule has 2 aliphatic rings. The third-order valence-electron chi connectivity index (χ3n) is 5.16. The summed E-state index contributed by atoms with van der Waals surface area (Å²) in [6.45, 7) is 4.52. The molecule has 2 aliphatic carbocycles. The first-order valence-electron chi connectivity index (χ1n) is 7.38. The molecule has 0 aromatic carbocycles. The SMILES string of the molecule is CC1(C)CCC(O)(C2(N)CCCCCCC2)C1. The predicted octanol–water partition coefficient (Wildman–Crippen LogP) is 3.37. The van der Waals surface area contributed by atoms with Gasteiger partial charge in [0.2, 0.25) is 0 Å². The lowest BCUT2D eigenvalue weighted by Crippen LogP contribution is -2.59. The number of aliphatic hydroxyl groups is 1. The molecule has 2 nitrogen and oxygen atoms in total. The number of nitrogens with two attached hydrogens (primary N) is 1. The average Bonchev–Trinajstić information content (AvgIpc) is 2.49. The van der Waals surface area contributed by atoms with E-state index in [9.17, 15) is 5.11 Å². The molecule has 0 saturated heterocycles. The second-order valence-electron chi connectivity index (χ2n) is 7.30. The summed E-state index contributed by atoms with van der Waals surface area (Å²) in [6, 6.07) is 0. The van der Waals surface area contributed by atoms with Crippen LogP contribution < -0.4 is 5.73 Å². The molecule has 2 saturated carbocycles. The number of hydrogen-bond donors (Lipinski definition) is 2. The standard InChI is InChI=1S/C15H29NO/c1-13(2)10-11-15(17,12-13)14(16)8-6-4-3-5-7-9-14/h17H,3-12,16H2,1-2H3. The van der Waals surface area contributed by atoms with Gasteiger partial charge < -0.3 is 10.8 Å². The lowest BCUT2D eigenvalue weighted by molar-refractivity contribution is -0.0484. The van der Waals surface area contributed by atoms with Gasteiger partial charge in [-0.2, -0.15) is 0 Å². The molecule has 3 N–H and O–H groups in total. The quantitative estimate of drug-likeness (QED) is 0.737. The summed E-state index contributed by atoms with van der Waals surface area (Å²) in [5.41, 5.74) is 5.98. The van der Waals surface area contributed by atoms with Gasteiger partial charge >= 0.3 is 0 Å². The van der Waals surface area contributed by atoms with E-state index in [1.165, 1.54) is 32.1 Å². The third kappa shape index (κ3) is 2.68. The Labute approximate surface area is 106 Å². The predicted molar refractivity (Wildman–Crippen MR) is 71.8 cm³/mol. The third-order valence-corrected chi connectivity index (χ3v) is 5.16. The molecule has 0 spiro atoms. The van der Waals surface area contributed by atoms with Gasteiger partial charge in [-0.05, 0) is 37.5 Å². The fourth-order valence-corrected chi connectivity index (χ4v) is 3.94. The van der Waals surface area contributed by atoms with E-state index in [1.54, 1.807) is 0 Å². The largest absolute Gasteiger partial charge is 0.388 e. The van der Waals surface area contributed by atoms with Gasteiger partial charge in [0.25, 0.3) is 0 Å². The van der Waals surface area contributed by atoms with Gasteiger partial charge in [0.1, 0.15) is 0 Å². The molecular formula is C15H29NO. The van der Waals surface area contributed by atoms with Crippen LogP contribution in [-0.4, -0.2) is 16.2 Å². The Morgan fingerprint density at radius 1 is 0.824 bits per heavy atom. The normalized spacial score (nSPS) is 37.4. The van der Waals surface area contributed by atoms with Crippen molar-refractivity contribution in [2.45, 2.75) is 89.2 Å². The van der Waals surface area contributed by atoms with Crippen LogP contribution in [0.25, 0.3) is 0 Å². The van der Waals surface area contributed by atoms with E-state index in [0.717, 1.165) is 32.1 Å². The first-order chi connectivity index (χ1) is 7.87. The Balaban J connectivity index is 2.12. The van der Waals surface area contributed by atoms with Crippen LogP contribution in [0.4, 0.5) is 0 Å². The Hall–Kier alpha value is -0.0800. The smallest absolute Gasteiger partial charge is 0.0831 e. The molecule has 0 amide bonds. The highest BCUT2D eigenvalue weighted by Crippen LogP contribution is 2.50. The fourth-order valence-electron chi connectivity index (χ4n) is 3.94. The highest BCUT2D eigenvalue weighted by Gasteiger charge is 2.53. The van der Waals surface area contributed by atoms with Gasteiger partial charge in [-0.15, -0.1) is 0 Å². The summed E-state index contributed by atoms with van der Waals surface area (Å²) in [7, 11) is 0. The highest BCUT2D eigenvalue weighted by molar-refractivity contribution is 5.09. The Bertz CT molecular complexity index is 266. The van der Waals surface area contributed by atoms with E-state index in [-0.39, 0.29) is 11.0 Å². The highest BCUT2D eigenvalue weighted by atomic mass is 16.3. The van der Waals surface area contributed by atoms with Crippen molar-refractivity contribution in [3.05, 3.63) is 0 Å². The van der Waals surface area contributed by atoms with Crippen molar-refractivity contribution in [1.29, 1.82) is 0 Å². The van der Waals surface area contributed by atoms with Gasteiger partial charge in [0.05, 0.1) is 5.60 Å². The zero-order chi connectivity index (χ0) is 12.6. The minimum Gasteiger partial charge on any atom is -0.388 e. The minimum absolute atomic E-state index is 0.267. The van der Waals surface area contributed by atoms with Gasteiger partial charge in [-0.1, -0.05) is 46.0 Å². The van der Waals surface area contributed by atoms with Crippen LogP contribution >= 0.6 is 0 Å². The first kappa shape index (κ1) is 13.4. The molecule has 0 aromatic rings. The van der Waals surface area contributed by atoms with Crippen molar-refractivity contribution < 1.29 is 5.11 Å².